The second kappa shape index (κ2) is 7.30. The summed E-state index contributed by atoms with van der Waals surface area (Å²) in [4.78, 5) is 0. The van der Waals surface area contributed by atoms with Crippen LogP contribution in [-0.2, 0) is 9.47 Å². The maximum Gasteiger partial charge on any atom is 0.157 e. The van der Waals surface area contributed by atoms with Crippen LogP contribution in [0.2, 0.25) is 0 Å². The molecule has 3 atom stereocenters. The molecule has 1 saturated heterocycles. The average Bonchev–Trinajstić information content (AvgIpc) is 2.04. The monoisotopic (exact) mass is 206 g/mol. The molecule has 0 bridgehead atoms. The van der Waals surface area contributed by atoms with Crippen molar-refractivity contribution in [1.82, 2.24) is 0 Å². The van der Waals surface area contributed by atoms with Crippen LogP contribution in [0.1, 0.15) is 26.7 Å². The van der Waals surface area contributed by atoms with E-state index in [1.165, 1.54) is 6.42 Å². The fourth-order valence-electron chi connectivity index (χ4n) is 1.51. The Morgan fingerprint density at radius 2 is 2.00 bits per heavy atom. The molecule has 0 aromatic rings. The van der Waals surface area contributed by atoms with Crippen LogP contribution in [0, 0.1) is 11.6 Å². The third-order valence-electron chi connectivity index (χ3n) is 1.98. The van der Waals surface area contributed by atoms with Gasteiger partial charge in [0.25, 0.3) is 0 Å². The van der Waals surface area contributed by atoms with Gasteiger partial charge in [0.1, 0.15) is 0 Å². The van der Waals surface area contributed by atoms with Crippen molar-refractivity contribution < 1.29 is 14.0 Å². The van der Waals surface area contributed by atoms with Gasteiger partial charge in [-0.05, 0) is 19.3 Å². The molecule has 78 valence electrons. The van der Waals surface area contributed by atoms with E-state index in [0.29, 0.717) is 6.10 Å². The third kappa shape index (κ3) is 6.02. The largest absolute Gasteiger partial charge is 0.356 e. The van der Waals surface area contributed by atoms with Crippen molar-refractivity contribution in [3.8, 4) is 5.69 Å². The van der Waals surface area contributed by atoms with Crippen LogP contribution in [0.15, 0.2) is 0 Å². The summed E-state index contributed by atoms with van der Waals surface area (Å²) in [5.74, 6) is 0.744. The van der Waals surface area contributed by atoms with E-state index < -0.39 is 0 Å². The second-order valence-electron chi connectivity index (χ2n) is 3.29. The summed E-state index contributed by atoms with van der Waals surface area (Å²) in [5.41, 5.74) is 4.32. The highest BCUT2D eigenvalue weighted by atomic mass is 32.1. The Kier molecular flexibility index (Phi) is 7.23. The zero-order valence-corrected chi connectivity index (χ0v) is 9.21. The molecule has 0 spiro atoms. The summed E-state index contributed by atoms with van der Waals surface area (Å²) < 4.78 is 17.9. The fourth-order valence-corrected chi connectivity index (χ4v) is 1.51. The topological polar surface area (TPSA) is 38.7 Å². The highest BCUT2D eigenvalue weighted by Gasteiger charge is 2.23. The minimum absolute atomic E-state index is 0.0405. The van der Waals surface area contributed by atoms with Crippen LogP contribution in [0.25, 0.3) is 0 Å². The lowest BCUT2D eigenvalue weighted by Gasteiger charge is -2.30. The fraction of sp³-hybridized carbons (Fsp3) is 0.889. The van der Waals surface area contributed by atoms with Crippen LogP contribution in [0.5, 0.6) is 0 Å². The smallest absolute Gasteiger partial charge is 0.157 e. The lowest BCUT2D eigenvalue weighted by Crippen LogP contribution is -2.31. The quantitative estimate of drug-likeness (QED) is 0.670. The number of hydrogen-bond acceptors (Lipinski definition) is 3. The van der Waals surface area contributed by atoms with Gasteiger partial charge >= 0.3 is 0 Å². The minimum atomic E-state index is 0.0405. The predicted molar refractivity (Wildman–Crippen MR) is 54.9 cm³/mol. The number of ether oxygens (including phenoxy) is 2. The van der Waals surface area contributed by atoms with E-state index in [0.717, 1.165) is 12.3 Å². The third-order valence-corrected chi connectivity index (χ3v) is 1.98. The molecular weight excluding hydrogens is 188 g/mol. The molecule has 1 N–H and O–H groups in total. The highest BCUT2D eigenvalue weighted by molar-refractivity contribution is 7.82. The van der Waals surface area contributed by atoms with Gasteiger partial charge in [-0.2, -0.15) is 0 Å². The van der Waals surface area contributed by atoms with Gasteiger partial charge in [0.15, 0.2) is 6.29 Å². The molecule has 0 amide bonds. The van der Waals surface area contributed by atoms with E-state index in [9.17, 15) is 0 Å². The molecule has 1 aliphatic heterocycles. The van der Waals surface area contributed by atoms with Crippen LogP contribution < -0.4 is 0 Å². The SMILES string of the molecule is C#SO.CO[C@H]1CC(C)C[C@@H](C)O1. The molecule has 1 fully saturated rings. The Labute approximate surface area is 83.9 Å². The number of hydrogen-bond donors (Lipinski definition) is 1. The molecule has 0 aromatic carbocycles. The standard InChI is InChI=1S/C8H16O2.CH2OS/c1-6-4-7(2)10-8(5-6)9-3;1-3-2/h6-8H,4-5H2,1-3H3;1-2H/t6?,7-,8-;/m1./s1. The van der Waals surface area contributed by atoms with E-state index >= 15 is 0 Å². The van der Waals surface area contributed by atoms with Crippen molar-refractivity contribution in [3.63, 3.8) is 0 Å². The van der Waals surface area contributed by atoms with Crippen LogP contribution in [-0.4, -0.2) is 24.1 Å². The highest BCUT2D eigenvalue weighted by Crippen LogP contribution is 2.24. The summed E-state index contributed by atoms with van der Waals surface area (Å²) in [6.45, 7) is 4.34. The van der Waals surface area contributed by atoms with Gasteiger partial charge in [0.2, 0.25) is 0 Å². The molecule has 1 unspecified atom stereocenters. The maximum atomic E-state index is 7.26. The van der Waals surface area contributed by atoms with E-state index in [1.54, 1.807) is 7.11 Å². The maximum absolute atomic E-state index is 7.26. The minimum Gasteiger partial charge on any atom is -0.356 e. The molecule has 0 saturated carbocycles. The molecule has 0 radical (unpaired) electrons. The van der Waals surface area contributed by atoms with E-state index in [4.69, 9.17) is 14.0 Å². The summed E-state index contributed by atoms with van der Waals surface area (Å²) in [6.07, 6.45) is 2.62. The molecule has 4 heteroatoms. The Hall–Kier alpha value is -0.120. The van der Waals surface area contributed by atoms with Crippen molar-refractivity contribution in [2.75, 3.05) is 7.11 Å². The summed E-state index contributed by atoms with van der Waals surface area (Å²) in [5, 5.41) is 0. The number of rotatable bonds is 1. The van der Waals surface area contributed by atoms with Crippen LogP contribution in [0.4, 0.5) is 0 Å². The first-order chi connectivity index (χ1) is 6.13. The van der Waals surface area contributed by atoms with Gasteiger partial charge in [-0.15, -0.1) is 0 Å². The van der Waals surface area contributed by atoms with Gasteiger partial charge in [-0.25, -0.2) is 0 Å². The normalized spacial score (nSPS) is 33.0. The predicted octanol–water partition coefficient (Wildman–Crippen LogP) is 2.58. The Morgan fingerprint density at radius 1 is 1.46 bits per heavy atom. The van der Waals surface area contributed by atoms with Gasteiger partial charge in [-0.3, -0.25) is 0 Å². The molecule has 1 aliphatic rings. The van der Waals surface area contributed by atoms with E-state index in [-0.39, 0.29) is 17.7 Å². The van der Waals surface area contributed by atoms with Gasteiger partial charge < -0.3 is 14.0 Å². The molecule has 1 heterocycles. The summed E-state index contributed by atoms with van der Waals surface area (Å²) in [7, 11) is 1.70. The lowest BCUT2D eigenvalue weighted by atomic mass is 9.98. The van der Waals surface area contributed by atoms with Crippen molar-refractivity contribution in [2.24, 2.45) is 5.92 Å². The van der Waals surface area contributed by atoms with E-state index in [2.05, 4.69) is 19.5 Å². The van der Waals surface area contributed by atoms with E-state index in [1.807, 2.05) is 0 Å². The van der Waals surface area contributed by atoms with Crippen molar-refractivity contribution in [1.29, 1.82) is 0 Å². The molecule has 0 aromatic heterocycles. The first-order valence-electron chi connectivity index (χ1n) is 4.32. The van der Waals surface area contributed by atoms with Crippen LogP contribution in [0.3, 0.4) is 0 Å². The molecule has 3 nitrogen and oxygen atoms in total. The first kappa shape index (κ1) is 12.9. The Bertz CT molecular complexity index is 157. The zero-order chi connectivity index (χ0) is 10.3. The van der Waals surface area contributed by atoms with Crippen molar-refractivity contribution >= 4 is 11.5 Å². The number of methoxy groups -OCH3 is 1. The zero-order valence-electron chi connectivity index (χ0n) is 8.40. The lowest BCUT2D eigenvalue weighted by molar-refractivity contribution is -0.186. The van der Waals surface area contributed by atoms with Gasteiger partial charge in [0, 0.05) is 25.0 Å². The van der Waals surface area contributed by atoms with Crippen LogP contribution >= 0.6 is 11.5 Å². The molecular formula is C9H18O3S. The summed E-state index contributed by atoms with van der Waals surface area (Å²) in [6, 6.07) is 0. The van der Waals surface area contributed by atoms with Crippen molar-refractivity contribution in [3.05, 3.63) is 0 Å². The molecule has 13 heavy (non-hydrogen) atoms. The first-order valence-corrected chi connectivity index (χ1v) is 5.16. The van der Waals surface area contributed by atoms with Crippen molar-refractivity contribution in [2.45, 2.75) is 39.1 Å². The van der Waals surface area contributed by atoms with Gasteiger partial charge in [-0.1, -0.05) is 12.6 Å². The molecule has 1 rings (SSSR count). The van der Waals surface area contributed by atoms with Gasteiger partial charge in [0.05, 0.1) is 6.10 Å². The molecule has 0 aliphatic carbocycles. The average molecular weight is 206 g/mol. The Morgan fingerprint density at radius 3 is 2.38 bits per heavy atom. The second-order valence-corrected chi connectivity index (χ2v) is 3.50. The Balaban J connectivity index is 0.000000424. The summed E-state index contributed by atoms with van der Waals surface area (Å²) >= 11 is 0.250.